The highest BCUT2D eigenvalue weighted by atomic mass is 16.5. The van der Waals surface area contributed by atoms with E-state index in [4.69, 9.17) is 19.9 Å². The van der Waals surface area contributed by atoms with Gasteiger partial charge >= 0.3 is 0 Å². The molecule has 2 N–H and O–H groups in total. The van der Waals surface area contributed by atoms with Gasteiger partial charge in [-0.25, -0.2) is 0 Å². The largest absolute Gasteiger partial charge is 0.497 e. The lowest BCUT2D eigenvalue weighted by Gasteiger charge is -2.34. The summed E-state index contributed by atoms with van der Waals surface area (Å²) in [7, 11) is 3.45. The van der Waals surface area contributed by atoms with Gasteiger partial charge < -0.3 is 24.8 Å². The Labute approximate surface area is 169 Å². The molecule has 0 saturated heterocycles. The Kier molecular flexibility index (Phi) is 6.56. The Bertz CT molecular complexity index is 856. The Morgan fingerprint density at radius 3 is 2.55 bits per heavy atom. The van der Waals surface area contributed by atoms with Crippen molar-refractivity contribution in [3.63, 3.8) is 0 Å². The van der Waals surface area contributed by atoms with Crippen molar-refractivity contribution in [2.75, 3.05) is 45.3 Å². The number of ether oxygens (including phenoxy) is 3. The standard InChI is InChI=1S/C21H25N3O5/c1-23(11-12-28-16-9-7-15(27-2)8-10-16)14-20(25)24-13-19(21(22)26)29-18-6-4-3-5-17(18)24/h3-10,19H,11-14H2,1-2H3,(H2,22,26)/t19-/m0/s1. The van der Waals surface area contributed by atoms with Gasteiger partial charge in [0, 0.05) is 6.54 Å². The first kappa shape index (κ1) is 20.5. The number of para-hydroxylation sites is 2. The van der Waals surface area contributed by atoms with Crippen LogP contribution in [0.25, 0.3) is 0 Å². The first-order chi connectivity index (χ1) is 14.0. The second-order valence-electron chi connectivity index (χ2n) is 6.74. The van der Waals surface area contributed by atoms with Gasteiger partial charge in [0.15, 0.2) is 6.10 Å². The molecule has 1 heterocycles. The second-order valence-corrected chi connectivity index (χ2v) is 6.74. The number of methoxy groups -OCH3 is 1. The maximum Gasteiger partial charge on any atom is 0.260 e. The number of likely N-dealkylation sites (N-methyl/N-ethyl adjacent to an activating group) is 1. The fourth-order valence-electron chi connectivity index (χ4n) is 3.01. The van der Waals surface area contributed by atoms with Crippen molar-refractivity contribution in [2.24, 2.45) is 5.73 Å². The van der Waals surface area contributed by atoms with Crippen molar-refractivity contribution in [3.05, 3.63) is 48.5 Å². The molecular weight excluding hydrogens is 374 g/mol. The molecule has 2 aromatic rings. The summed E-state index contributed by atoms with van der Waals surface area (Å²) in [5, 5.41) is 0. The van der Waals surface area contributed by atoms with Gasteiger partial charge in [0.25, 0.3) is 5.91 Å². The molecular formula is C21H25N3O5. The summed E-state index contributed by atoms with van der Waals surface area (Å²) in [6.45, 7) is 1.26. The van der Waals surface area contributed by atoms with Crippen LogP contribution in [0.5, 0.6) is 17.2 Å². The van der Waals surface area contributed by atoms with E-state index in [-0.39, 0.29) is 19.0 Å². The molecule has 29 heavy (non-hydrogen) atoms. The van der Waals surface area contributed by atoms with Gasteiger partial charge in [0.05, 0.1) is 25.9 Å². The Hall–Kier alpha value is -3.26. The van der Waals surface area contributed by atoms with E-state index in [1.54, 1.807) is 30.2 Å². The van der Waals surface area contributed by atoms with Gasteiger partial charge in [0.2, 0.25) is 5.91 Å². The number of hydrogen-bond acceptors (Lipinski definition) is 6. The molecule has 0 radical (unpaired) electrons. The quantitative estimate of drug-likeness (QED) is 0.719. The number of nitrogens with two attached hydrogens (primary N) is 1. The average molecular weight is 399 g/mol. The van der Waals surface area contributed by atoms with Gasteiger partial charge in [-0.15, -0.1) is 0 Å². The van der Waals surface area contributed by atoms with Crippen LogP contribution < -0.4 is 24.8 Å². The molecule has 1 aliphatic rings. The average Bonchev–Trinajstić information content (AvgIpc) is 2.73. The van der Waals surface area contributed by atoms with E-state index in [0.29, 0.717) is 24.6 Å². The summed E-state index contributed by atoms with van der Waals surface area (Å²) in [4.78, 5) is 27.9. The van der Waals surface area contributed by atoms with Gasteiger partial charge in [-0.2, -0.15) is 0 Å². The van der Waals surface area contributed by atoms with E-state index < -0.39 is 12.0 Å². The molecule has 154 valence electrons. The van der Waals surface area contributed by atoms with Crippen LogP contribution in [0.2, 0.25) is 0 Å². The van der Waals surface area contributed by atoms with E-state index >= 15 is 0 Å². The summed E-state index contributed by atoms with van der Waals surface area (Å²) in [6.07, 6.45) is -0.863. The predicted molar refractivity (Wildman–Crippen MR) is 108 cm³/mol. The van der Waals surface area contributed by atoms with E-state index in [0.717, 1.165) is 11.5 Å². The van der Waals surface area contributed by atoms with Crippen LogP contribution in [0.4, 0.5) is 5.69 Å². The highest BCUT2D eigenvalue weighted by Crippen LogP contribution is 2.33. The molecule has 0 aromatic heterocycles. The molecule has 8 heteroatoms. The lowest BCUT2D eigenvalue weighted by molar-refractivity contribution is -0.125. The fraction of sp³-hybridized carbons (Fsp3) is 0.333. The zero-order chi connectivity index (χ0) is 20.8. The molecule has 0 spiro atoms. The minimum Gasteiger partial charge on any atom is -0.497 e. The maximum atomic E-state index is 12.9. The first-order valence-corrected chi connectivity index (χ1v) is 9.28. The van der Waals surface area contributed by atoms with Crippen LogP contribution in [0.15, 0.2) is 48.5 Å². The van der Waals surface area contributed by atoms with Crippen LogP contribution in [0.3, 0.4) is 0 Å². The lowest BCUT2D eigenvalue weighted by atomic mass is 10.1. The lowest BCUT2D eigenvalue weighted by Crippen LogP contribution is -2.51. The van der Waals surface area contributed by atoms with Gasteiger partial charge in [-0.1, -0.05) is 12.1 Å². The normalized spacial score (nSPS) is 15.4. The number of amides is 2. The van der Waals surface area contributed by atoms with Crippen LogP contribution >= 0.6 is 0 Å². The minimum atomic E-state index is -0.863. The van der Waals surface area contributed by atoms with Crippen molar-refractivity contribution >= 4 is 17.5 Å². The summed E-state index contributed by atoms with van der Waals surface area (Å²) >= 11 is 0. The zero-order valence-corrected chi connectivity index (χ0v) is 16.5. The van der Waals surface area contributed by atoms with Crippen LogP contribution in [-0.4, -0.2) is 63.2 Å². The number of benzene rings is 2. The Balaban J connectivity index is 1.55. The molecule has 3 rings (SSSR count). The second kappa shape index (κ2) is 9.29. The monoisotopic (exact) mass is 399 g/mol. The van der Waals surface area contributed by atoms with Crippen LogP contribution in [0, 0.1) is 0 Å². The minimum absolute atomic E-state index is 0.0986. The van der Waals surface area contributed by atoms with Gasteiger partial charge in [0.1, 0.15) is 23.9 Å². The molecule has 8 nitrogen and oxygen atoms in total. The van der Waals surface area contributed by atoms with Crippen molar-refractivity contribution in [1.29, 1.82) is 0 Å². The smallest absolute Gasteiger partial charge is 0.260 e. The van der Waals surface area contributed by atoms with E-state index in [9.17, 15) is 9.59 Å². The molecule has 1 atom stereocenters. The maximum absolute atomic E-state index is 12.9. The number of primary amides is 1. The zero-order valence-electron chi connectivity index (χ0n) is 16.5. The number of fused-ring (bicyclic) bond motifs is 1. The van der Waals surface area contributed by atoms with Crippen molar-refractivity contribution < 1.29 is 23.8 Å². The third kappa shape index (κ3) is 5.17. The van der Waals surface area contributed by atoms with Crippen LogP contribution in [-0.2, 0) is 9.59 Å². The highest BCUT2D eigenvalue weighted by molar-refractivity contribution is 5.98. The van der Waals surface area contributed by atoms with Crippen molar-refractivity contribution in [3.8, 4) is 17.2 Å². The molecule has 0 bridgehead atoms. The number of carbonyl (C=O) groups excluding carboxylic acids is 2. The number of carbonyl (C=O) groups is 2. The van der Waals surface area contributed by atoms with Gasteiger partial charge in [-0.3, -0.25) is 14.5 Å². The predicted octanol–water partition coefficient (Wildman–Crippen LogP) is 1.29. The summed E-state index contributed by atoms with van der Waals surface area (Å²) < 4.78 is 16.4. The SMILES string of the molecule is COc1ccc(OCCN(C)CC(=O)N2C[C@@H](C(N)=O)Oc3ccccc32)cc1. The number of nitrogens with zero attached hydrogens (tertiary/aromatic N) is 2. The van der Waals surface area contributed by atoms with Gasteiger partial charge in [-0.05, 0) is 43.4 Å². The molecule has 1 aliphatic heterocycles. The van der Waals surface area contributed by atoms with E-state index in [1.165, 1.54) is 0 Å². The first-order valence-electron chi connectivity index (χ1n) is 9.28. The number of rotatable bonds is 8. The van der Waals surface area contributed by atoms with E-state index in [2.05, 4.69) is 0 Å². The fourth-order valence-corrected chi connectivity index (χ4v) is 3.01. The summed E-state index contributed by atoms with van der Waals surface area (Å²) in [5.41, 5.74) is 6.03. The number of hydrogen-bond donors (Lipinski definition) is 1. The molecule has 0 aliphatic carbocycles. The van der Waals surface area contributed by atoms with Crippen LogP contribution in [0.1, 0.15) is 0 Å². The molecule has 0 saturated carbocycles. The summed E-state index contributed by atoms with van der Waals surface area (Å²) in [6, 6.07) is 14.4. The molecule has 0 unspecified atom stereocenters. The Morgan fingerprint density at radius 2 is 1.86 bits per heavy atom. The van der Waals surface area contributed by atoms with Crippen molar-refractivity contribution in [1.82, 2.24) is 4.90 Å². The number of anilines is 1. The highest BCUT2D eigenvalue weighted by Gasteiger charge is 2.32. The van der Waals surface area contributed by atoms with Crippen molar-refractivity contribution in [2.45, 2.75) is 6.10 Å². The third-order valence-corrected chi connectivity index (χ3v) is 4.60. The Morgan fingerprint density at radius 1 is 1.17 bits per heavy atom. The molecule has 0 fully saturated rings. The molecule has 2 aromatic carbocycles. The third-order valence-electron chi connectivity index (χ3n) is 4.60. The summed E-state index contributed by atoms with van der Waals surface area (Å²) in [5.74, 6) is 1.23. The topological polar surface area (TPSA) is 94.3 Å². The molecule has 2 amide bonds. The van der Waals surface area contributed by atoms with E-state index in [1.807, 2.05) is 42.3 Å².